The second-order valence-electron chi connectivity index (χ2n) is 9.70. The summed E-state index contributed by atoms with van der Waals surface area (Å²) in [7, 11) is 0. The lowest BCUT2D eigenvalue weighted by atomic mass is 10.1. The van der Waals surface area contributed by atoms with Gasteiger partial charge in [-0.3, -0.25) is 24.1 Å². The van der Waals surface area contributed by atoms with Gasteiger partial charge in [0.2, 0.25) is 11.3 Å². The fraction of sp³-hybridized carbons (Fsp3) is 0.321. The molecule has 202 valence electrons. The third kappa shape index (κ3) is 4.59. The van der Waals surface area contributed by atoms with Gasteiger partial charge < -0.3 is 14.6 Å². The third-order valence-corrected chi connectivity index (χ3v) is 7.45. The van der Waals surface area contributed by atoms with Crippen molar-refractivity contribution in [1.82, 2.24) is 9.47 Å². The van der Waals surface area contributed by atoms with Crippen LogP contribution >= 0.6 is 0 Å². The van der Waals surface area contributed by atoms with E-state index in [2.05, 4.69) is 0 Å². The maximum absolute atomic E-state index is 15.2. The number of halogens is 1. The largest absolute Gasteiger partial charge is 0.477 e. The van der Waals surface area contributed by atoms with Crippen molar-refractivity contribution >= 4 is 45.8 Å². The van der Waals surface area contributed by atoms with Crippen LogP contribution in [0.3, 0.4) is 0 Å². The minimum atomic E-state index is -1.37. The van der Waals surface area contributed by atoms with Gasteiger partial charge in [0.25, 0.3) is 5.91 Å². The van der Waals surface area contributed by atoms with E-state index in [1.165, 1.54) is 19.2 Å². The van der Waals surface area contributed by atoms with Gasteiger partial charge in [0, 0.05) is 49.9 Å². The molecule has 2 aliphatic rings. The molecule has 39 heavy (non-hydrogen) atoms. The SMILES string of the molecule is CCn1cc(C(=O)O)c(=O)c2cc(F)c(N3CCN(C4CC(=O)N(c5cccc(C(C)=O)c5)C4=O)CC3)cc21. The van der Waals surface area contributed by atoms with Crippen LogP contribution in [0.15, 0.2) is 47.4 Å². The van der Waals surface area contributed by atoms with Crippen LogP contribution in [0, 0.1) is 5.82 Å². The number of piperazine rings is 1. The molecule has 2 aromatic carbocycles. The fourth-order valence-electron chi connectivity index (χ4n) is 5.37. The van der Waals surface area contributed by atoms with Crippen molar-refractivity contribution in [2.45, 2.75) is 32.9 Å². The van der Waals surface area contributed by atoms with E-state index >= 15 is 4.39 Å². The molecule has 0 bridgehead atoms. The van der Waals surface area contributed by atoms with Gasteiger partial charge in [0.05, 0.1) is 29.4 Å². The minimum absolute atomic E-state index is 0.000588. The summed E-state index contributed by atoms with van der Waals surface area (Å²) >= 11 is 0. The summed E-state index contributed by atoms with van der Waals surface area (Å²) in [6.07, 6.45) is 1.29. The number of carboxylic acids is 1. The number of carboxylic acid groups (broad SMARTS) is 1. The second kappa shape index (κ2) is 10.1. The number of aryl methyl sites for hydroxylation is 1. The number of rotatable bonds is 6. The molecule has 1 N–H and O–H groups in total. The Hall–Kier alpha value is -4.38. The van der Waals surface area contributed by atoms with Crippen LogP contribution in [-0.2, 0) is 16.1 Å². The number of imide groups is 1. The predicted octanol–water partition coefficient (Wildman–Crippen LogP) is 2.52. The topological polar surface area (TPSA) is 120 Å². The van der Waals surface area contributed by atoms with E-state index in [0.717, 1.165) is 11.0 Å². The number of hydrogen-bond donors (Lipinski definition) is 1. The number of benzene rings is 2. The quantitative estimate of drug-likeness (QED) is 0.379. The van der Waals surface area contributed by atoms with Crippen molar-refractivity contribution in [1.29, 1.82) is 0 Å². The van der Waals surface area contributed by atoms with E-state index in [0.29, 0.717) is 49.5 Å². The molecule has 3 aromatic rings. The highest BCUT2D eigenvalue weighted by Crippen LogP contribution is 2.30. The van der Waals surface area contributed by atoms with E-state index in [9.17, 15) is 29.1 Å². The zero-order chi connectivity index (χ0) is 28.0. The summed E-state index contributed by atoms with van der Waals surface area (Å²) in [4.78, 5) is 66.8. The molecule has 10 nitrogen and oxygen atoms in total. The zero-order valence-electron chi connectivity index (χ0n) is 21.5. The number of Topliss-reactive ketones (excluding diaryl/α,β-unsaturated/α-hetero) is 1. The van der Waals surface area contributed by atoms with Crippen LogP contribution in [0.4, 0.5) is 15.8 Å². The van der Waals surface area contributed by atoms with Gasteiger partial charge in [-0.25, -0.2) is 14.1 Å². The Bertz CT molecular complexity index is 1590. The molecule has 2 fully saturated rings. The van der Waals surface area contributed by atoms with Gasteiger partial charge in [-0.2, -0.15) is 0 Å². The molecule has 3 heterocycles. The van der Waals surface area contributed by atoms with E-state index in [4.69, 9.17) is 0 Å². The Morgan fingerprint density at radius 1 is 1.05 bits per heavy atom. The van der Waals surface area contributed by atoms with E-state index in [1.54, 1.807) is 35.8 Å². The first-order chi connectivity index (χ1) is 18.6. The van der Waals surface area contributed by atoms with Gasteiger partial charge in [-0.15, -0.1) is 0 Å². The first-order valence-electron chi connectivity index (χ1n) is 12.7. The molecule has 11 heteroatoms. The molecule has 2 saturated heterocycles. The molecule has 2 aliphatic heterocycles. The molecular formula is C28H27FN4O6. The first-order valence-corrected chi connectivity index (χ1v) is 12.7. The molecular weight excluding hydrogens is 507 g/mol. The number of pyridine rings is 1. The van der Waals surface area contributed by atoms with Crippen molar-refractivity contribution in [3.63, 3.8) is 0 Å². The molecule has 0 saturated carbocycles. The van der Waals surface area contributed by atoms with E-state index < -0.39 is 28.8 Å². The number of carbonyl (C=O) groups is 4. The number of nitrogens with zero attached hydrogens (tertiary/aromatic N) is 4. The molecule has 0 spiro atoms. The number of anilines is 2. The van der Waals surface area contributed by atoms with Gasteiger partial charge in [0.15, 0.2) is 5.78 Å². The average molecular weight is 535 g/mol. The van der Waals surface area contributed by atoms with Gasteiger partial charge in [0.1, 0.15) is 11.4 Å². The number of ketones is 1. The summed E-state index contributed by atoms with van der Waals surface area (Å²) in [5, 5.41) is 9.36. The van der Waals surface area contributed by atoms with Crippen LogP contribution in [0.1, 0.15) is 41.0 Å². The number of aromatic nitrogens is 1. The van der Waals surface area contributed by atoms with Gasteiger partial charge in [-0.1, -0.05) is 12.1 Å². The van der Waals surface area contributed by atoms with Crippen LogP contribution in [0.25, 0.3) is 10.9 Å². The smallest absolute Gasteiger partial charge is 0.341 e. The highest BCUT2D eigenvalue weighted by atomic mass is 19.1. The van der Waals surface area contributed by atoms with E-state index in [1.807, 2.05) is 9.80 Å². The number of amides is 2. The summed E-state index contributed by atoms with van der Waals surface area (Å²) in [6, 6.07) is 8.43. The summed E-state index contributed by atoms with van der Waals surface area (Å²) < 4.78 is 16.8. The summed E-state index contributed by atoms with van der Waals surface area (Å²) in [6.45, 7) is 5.17. The third-order valence-electron chi connectivity index (χ3n) is 7.45. The average Bonchev–Trinajstić information content (AvgIpc) is 3.22. The van der Waals surface area contributed by atoms with Crippen molar-refractivity contribution in [3.05, 3.63) is 69.8 Å². The Morgan fingerprint density at radius 3 is 2.41 bits per heavy atom. The van der Waals surface area contributed by atoms with Crippen LogP contribution in [0.5, 0.6) is 0 Å². The lowest BCUT2D eigenvalue weighted by molar-refractivity contribution is -0.123. The Labute approximate surface area is 222 Å². The highest BCUT2D eigenvalue weighted by Gasteiger charge is 2.43. The van der Waals surface area contributed by atoms with Crippen LogP contribution in [0.2, 0.25) is 0 Å². The lowest BCUT2D eigenvalue weighted by Gasteiger charge is -2.38. The maximum atomic E-state index is 15.2. The van der Waals surface area contributed by atoms with Crippen molar-refractivity contribution in [2.24, 2.45) is 0 Å². The molecule has 1 unspecified atom stereocenters. The molecule has 1 aromatic heterocycles. The Kier molecular flexibility index (Phi) is 6.77. The van der Waals surface area contributed by atoms with Crippen molar-refractivity contribution in [3.8, 4) is 0 Å². The lowest BCUT2D eigenvalue weighted by Crippen LogP contribution is -2.52. The van der Waals surface area contributed by atoms with Crippen LogP contribution < -0.4 is 15.2 Å². The summed E-state index contributed by atoms with van der Waals surface area (Å²) in [5.74, 6) is -2.86. The minimum Gasteiger partial charge on any atom is -0.477 e. The highest BCUT2D eigenvalue weighted by molar-refractivity contribution is 6.22. The number of fused-ring (bicyclic) bond motifs is 1. The first kappa shape index (κ1) is 26.2. The van der Waals surface area contributed by atoms with Gasteiger partial charge in [-0.05, 0) is 38.1 Å². The van der Waals surface area contributed by atoms with Gasteiger partial charge >= 0.3 is 5.97 Å². The molecule has 2 amide bonds. The van der Waals surface area contributed by atoms with Crippen molar-refractivity contribution in [2.75, 3.05) is 36.0 Å². The van der Waals surface area contributed by atoms with Crippen LogP contribution in [-0.4, -0.2) is 70.4 Å². The molecule has 0 aliphatic carbocycles. The predicted molar refractivity (Wildman–Crippen MR) is 142 cm³/mol. The molecule has 1 atom stereocenters. The molecule has 5 rings (SSSR count). The number of aromatic carboxylic acids is 1. The fourth-order valence-corrected chi connectivity index (χ4v) is 5.37. The van der Waals surface area contributed by atoms with E-state index in [-0.39, 0.29) is 35.1 Å². The normalized spacial score (nSPS) is 18.3. The number of carbonyl (C=O) groups excluding carboxylic acids is 3. The monoisotopic (exact) mass is 534 g/mol. The second-order valence-corrected chi connectivity index (χ2v) is 9.70. The standard InChI is InChI=1S/C28H27FN4O6/c1-3-30-15-20(28(38)39)26(36)19-12-21(29)23(13-22(19)30)31-7-9-32(10-8-31)24-14-25(35)33(27(24)37)18-6-4-5-17(11-18)16(2)34/h4-6,11-13,15,24H,3,7-10,14H2,1-2H3,(H,38,39). The summed E-state index contributed by atoms with van der Waals surface area (Å²) in [5.41, 5.74) is 0.346. The molecule has 0 radical (unpaired) electrons. The zero-order valence-corrected chi connectivity index (χ0v) is 21.5. The van der Waals surface area contributed by atoms with Crippen molar-refractivity contribution < 1.29 is 28.7 Å². The Balaban J connectivity index is 1.35. The Morgan fingerprint density at radius 2 is 1.77 bits per heavy atom. The maximum Gasteiger partial charge on any atom is 0.341 e. The number of hydrogen-bond acceptors (Lipinski definition) is 7.